The largest absolute Gasteiger partial charge is 0.240 e. The lowest BCUT2D eigenvalue weighted by molar-refractivity contribution is 0.582. The third-order valence-corrected chi connectivity index (χ3v) is 3.65. The molecule has 0 aliphatic heterocycles. The average Bonchev–Trinajstić information content (AvgIpc) is 2.25. The fourth-order valence-corrected chi connectivity index (χ4v) is 2.29. The number of rotatable bonds is 5. The molecule has 0 spiro atoms. The lowest BCUT2D eigenvalue weighted by Gasteiger charge is -2.05. The van der Waals surface area contributed by atoms with Crippen molar-refractivity contribution >= 4 is 10.0 Å². The van der Waals surface area contributed by atoms with Gasteiger partial charge in [-0.05, 0) is 32.4 Å². The molecule has 0 amide bonds. The molecular weight excluding hydrogens is 222 g/mol. The summed E-state index contributed by atoms with van der Waals surface area (Å²) in [6.45, 7) is 4.27. The summed E-state index contributed by atoms with van der Waals surface area (Å²) in [6, 6.07) is 6.82. The van der Waals surface area contributed by atoms with Crippen molar-refractivity contribution in [3.05, 3.63) is 42.0 Å². The van der Waals surface area contributed by atoms with Gasteiger partial charge in [0.15, 0.2) is 0 Å². The second kappa shape index (κ2) is 5.82. The molecule has 88 valence electrons. The number of hydrogen-bond donors (Lipinski definition) is 1. The molecule has 0 heterocycles. The number of aryl methyl sites for hydroxylation is 1. The molecule has 0 fully saturated rings. The molecule has 0 radical (unpaired) electrons. The SMILES string of the molecule is C/C=C\CCNS(=O)(=O)c1ccc(C)cc1. The Morgan fingerprint density at radius 2 is 1.88 bits per heavy atom. The van der Waals surface area contributed by atoms with Crippen LogP contribution < -0.4 is 4.72 Å². The molecule has 1 rings (SSSR count). The van der Waals surface area contributed by atoms with Crippen LogP contribution in [-0.2, 0) is 10.0 Å². The average molecular weight is 239 g/mol. The molecule has 0 aliphatic rings. The van der Waals surface area contributed by atoms with Gasteiger partial charge in [-0.25, -0.2) is 13.1 Å². The molecule has 1 N–H and O–H groups in total. The molecular formula is C12H17NO2S. The fourth-order valence-electron chi connectivity index (χ4n) is 1.24. The van der Waals surface area contributed by atoms with Gasteiger partial charge in [0.05, 0.1) is 4.90 Å². The first-order valence-corrected chi connectivity index (χ1v) is 6.72. The minimum Gasteiger partial charge on any atom is -0.211 e. The molecule has 4 heteroatoms. The first kappa shape index (κ1) is 12.9. The molecule has 0 aliphatic carbocycles. The molecule has 0 aromatic heterocycles. The Morgan fingerprint density at radius 1 is 1.25 bits per heavy atom. The lowest BCUT2D eigenvalue weighted by Crippen LogP contribution is -2.24. The Bertz CT molecular complexity index is 446. The number of benzene rings is 1. The van der Waals surface area contributed by atoms with E-state index in [2.05, 4.69) is 4.72 Å². The van der Waals surface area contributed by atoms with Gasteiger partial charge in [-0.15, -0.1) is 0 Å². The highest BCUT2D eigenvalue weighted by Crippen LogP contribution is 2.09. The van der Waals surface area contributed by atoms with Gasteiger partial charge < -0.3 is 0 Å². The van der Waals surface area contributed by atoms with Crippen molar-refractivity contribution in [2.75, 3.05) is 6.54 Å². The van der Waals surface area contributed by atoms with Crippen molar-refractivity contribution in [3.8, 4) is 0 Å². The first-order chi connectivity index (χ1) is 7.56. The highest BCUT2D eigenvalue weighted by molar-refractivity contribution is 7.89. The van der Waals surface area contributed by atoms with E-state index in [1.165, 1.54) is 0 Å². The van der Waals surface area contributed by atoms with Crippen LogP contribution in [0.5, 0.6) is 0 Å². The maximum absolute atomic E-state index is 11.8. The zero-order chi connectivity index (χ0) is 12.0. The van der Waals surface area contributed by atoms with E-state index in [-0.39, 0.29) is 0 Å². The molecule has 0 unspecified atom stereocenters. The summed E-state index contributed by atoms with van der Waals surface area (Å²) in [7, 11) is -3.34. The summed E-state index contributed by atoms with van der Waals surface area (Å²) in [4.78, 5) is 0.318. The minimum absolute atomic E-state index is 0.318. The third-order valence-electron chi connectivity index (χ3n) is 2.17. The standard InChI is InChI=1S/C12H17NO2S/c1-3-4-5-10-13-16(14,15)12-8-6-11(2)7-9-12/h3-4,6-9,13H,5,10H2,1-2H3/b4-3-. The second-order valence-electron chi connectivity index (χ2n) is 3.57. The van der Waals surface area contributed by atoms with Gasteiger partial charge in [0.2, 0.25) is 10.0 Å². The van der Waals surface area contributed by atoms with E-state index in [0.29, 0.717) is 17.9 Å². The van der Waals surface area contributed by atoms with Crippen molar-refractivity contribution in [1.82, 2.24) is 4.72 Å². The monoisotopic (exact) mass is 239 g/mol. The van der Waals surface area contributed by atoms with Crippen molar-refractivity contribution in [1.29, 1.82) is 0 Å². The molecule has 0 atom stereocenters. The van der Waals surface area contributed by atoms with Crippen molar-refractivity contribution in [2.45, 2.75) is 25.2 Å². The van der Waals surface area contributed by atoms with Gasteiger partial charge in [0.25, 0.3) is 0 Å². The molecule has 0 bridgehead atoms. The summed E-state index contributed by atoms with van der Waals surface area (Å²) in [6.07, 6.45) is 4.54. The second-order valence-corrected chi connectivity index (χ2v) is 5.34. The lowest BCUT2D eigenvalue weighted by atomic mass is 10.2. The van der Waals surface area contributed by atoms with Crippen LogP contribution in [0.4, 0.5) is 0 Å². The van der Waals surface area contributed by atoms with Crippen LogP contribution in [-0.4, -0.2) is 15.0 Å². The van der Waals surface area contributed by atoms with Gasteiger partial charge in [0, 0.05) is 6.54 Å². The quantitative estimate of drug-likeness (QED) is 0.632. The van der Waals surface area contributed by atoms with Crippen molar-refractivity contribution < 1.29 is 8.42 Å². The number of hydrogen-bond acceptors (Lipinski definition) is 2. The Kier molecular flexibility index (Phi) is 4.71. The van der Waals surface area contributed by atoms with Crippen LogP contribution in [0.15, 0.2) is 41.3 Å². The topological polar surface area (TPSA) is 46.2 Å². The van der Waals surface area contributed by atoms with Crippen LogP contribution in [0.1, 0.15) is 18.9 Å². The van der Waals surface area contributed by atoms with Crippen molar-refractivity contribution in [2.24, 2.45) is 0 Å². The van der Waals surface area contributed by atoms with Crippen molar-refractivity contribution in [3.63, 3.8) is 0 Å². The minimum atomic E-state index is -3.34. The van der Waals surface area contributed by atoms with Gasteiger partial charge >= 0.3 is 0 Å². The zero-order valence-electron chi connectivity index (χ0n) is 9.60. The van der Waals surface area contributed by atoms with Gasteiger partial charge in [0.1, 0.15) is 0 Å². The summed E-state index contributed by atoms with van der Waals surface area (Å²) >= 11 is 0. The third kappa shape index (κ3) is 3.79. The molecule has 1 aromatic rings. The van der Waals surface area contributed by atoms with E-state index < -0.39 is 10.0 Å². The Hall–Kier alpha value is -1.13. The van der Waals surface area contributed by atoms with Crippen LogP contribution >= 0.6 is 0 Å². The zero-order valence-corrected chi connectivity index (χ0v) is 10.4. The molecule has 0 saturated heterocycles. The molecule has 16 heavy (non-hydrogen) atoms. The van der Waals surface area contributed by atoms with Crippen LogP contribution in [0.2, 0.25) is 0 Å². The van der Waals surface area contributed by atoms with E-state index in [1.54, 1.807) is 24.3 Å². The maximum Gasteiger partial charge on any atom is 0.240 e. The van der Waals surface area contributed by atoms with E-state index >= 15 is 0 Å². The van der Waals surface area contributed by atoms with E-state index in [4.69, 9.17) is 0 Å². The molecule has 0 saturated carbocycles. The van der Waals surface area contributed by atoms with Gasteiger partial charge in [-0.2, -0.15) is 0 Å². The highest BCUT2D eigenvalue weighted by Gasteiger charge is 2.11. The van der Waals surface area contributed by atoms with E-state index in [9.17, 15) is 8.42 Å². The number of allylic oxidation sites excluding steroid dienone is 1. The summed E-state index contributed by atoms with van der Waals surface area (Å²) in [5.74, 6) is 0. The Labute approximate surface area is 97.2 Å². The molecule has 1 aromatic carbocycles. The van der Waals surface area contributed by atoms with E-state index in [1.807, 2.05) is 26.0 Å². The summed E-state index contributed by atoms with van der Waals surface area (Å²) in [5.41, 5.74) is 1.05. The van der Waals surface area contributed by atoms with Crippen LogP contribution in [0.25, 0.3) is 0 Å². The predicted molar refractivity (Wildman–Crippen MR) is 65.8 cm³/mol. The van der Waals surface area contributed by atoms with E-state index in [0.717, 1.165) is 5.56 Å². The predicted octanol–water partition coefficient (Wildman–Crippen LogP) is 2.24. The highest BCUT2D eigenvalue weighted by atomic mass is 32.2. The number of nitrogens with one attached hydrogen (secondary N) is 1. The smallest absolute Gasteiger partial charge is 0.211 e. The summed E-state index contributed by atoms with van der Waals surface area (Å²) in [5, 5.41) is 0. The first-order valence-electron chi connectivity index (χ1n) is 5.24. The maximum atomic E-state index is 11.8. The molecule has 3 nitrogen and oxygen atoms in total. The Balaban J connectivity index is 2.67. The van der Waals surface area contributed by atoms with Crippen LogP contribution in [0.3, 0.4) is 0 Å². The fraction of sp³-hybridized carbons (Fsp3) is 0.333. The van der Waals surface area contributed by atoms with Gasteiger partial charge in [-0.3, -0.25) is 0 Å². The Morgan fingerprint density at radius 3 is 2.44 bits per heavy atom. The normalized spacial score (nSPS) is 12.1. The number of sulfonamides is 1. The van der Waals surface area contributed by atoms with Gasteiger partial charge in [-0.1, -0.05) is 29.8 Å². The summed E-state index contributed by atoms with van der Waals surface area (Å²) < 4.78 is 26.1. The van der Waals surface area contributed by atoms with Crippen LogP contribution in [0, 0.1) is 6.92 Å².